The molecule has 25 heavy (non-hydrogen) atoms. The molecule has 0 saturated heterocycles. The number of aliphatic hydroxyl groups excluding tert-OH is 1. The van der Waals surface area contributed by atoms with Crippen LogP contribution in [0.2, 0.25) is 0 Å². The van der Waals surface area contributed by atoms with Crippen molar-refractivity contribution >= 4 is 5.71 Å². The number of hydrogen-bond donors (Lipinski definition) is 1. The van der Waals surface area contributed by atoms with Crippen LogP contribution in [0.5, 0.6) is 0 Å². The molecule has 0 fully saturated rings. The van der Waals surface area contributed by atoms with Crippen molar-refractivity contribution in [1.82, 2.24) is 0 Å². The minimum atomic E-state index is -4.70. The Morgan fingerprint density at radius 3 is 2.24 bits per heavy atom. The van der Waals surface area contributed by atoms with Gasteiger partial charge in [0.2, 0.25) is 5.70 Å². The lowest BCUT2D eigenvalue weighted by molar-refractivity contribution is -0.410. The second kappa shape index (κ2) is 6.53. The third kappa shape index (κ3) is 3.93. The maximum atomic E-state index is 13.4. The van der Waals surface area contributed by atoms with Crippen LogP contribution < -0.4 is 0 Å². The van der Waals surface area contributed by atoms with Crippen molar-refractivity contribution in [1.29, 1.82) is 0 Å². The Balaban J connectivity index is 2.68. The number of hydrogen-bond acceptors (Lipinski definition) is 1. The highest BCUT2D eigenvalue weighted by Gasteiger charge is 2.49. The molecule has 8 heteroatoms. The summed E-state index contributed by atoms with van der Waals surface area (Å²) in [5, 5.41) is 10.1. The van der Waals surface area contributed by atoms with Gasteiger partial charge in [0.1, 0.15) is 0 Å². The molecule has 0 aromatic rings. The standard InChI is InChI=1S/C17H19F6NO/c1-9-6-7-24(11(3)15(9)25)14-8-12(16(18,19)20)4-5-13(10(14)2)17(21,22)23/h6-10,13H,4-5H2,1-3H3/p+1. The van der Waals surface area contributed by atoms with Crippen LogP contribution in [0.3, 0.4) is 0 Å². The van der Waals surface area contributed by atoms with Gasteiger partial charge < -0.3 is 5.11 Å². The molecule has 0 saturated carbocycles. The van der Waals surface area contributed by atoms with E-state index in [-0.39, 0.29) is 23.1 Å². The Morgan fingerprint density at radius 2 is 1.72 bits per heavy atom. The van der Waals surface area contributed by atoms with E-state index in [1.807, 2.05) is 0 Å². The number of nitrogens with zero attached hydrogens (tertiary/aromatic N) is 1. The summed E-state index contributed by atoms with van der Waals surface area (Å²) >= 11 is 0. The summed E-state index contributed by atoms with van der Waals surface area (Å²) in [4.78, 5) is 0. The smallest absolute Gasteiger partial charge is 0.412 e. The van der Waals surface area contributed by atoms with Crippen LogP contribution in [0.15, 0.2) is 35.4 Å². The molecule has 0 aromatic carbocycles. The summed E-state index contributed by atoms with van der Waals surface area (Å²) in [6.07, 6.45) is -6.85. The molecule has 0 spiro atoms. The molecular weight excluding hydrogens is 348 g/mol. The summed E-state index contributed by atoms with van der Waals surface area (Å²) in [6.45, 7) is 4.44. The maximum absolute atomic E-state index is 13.4. The average molecular weight is 368 g/mol. The van der Waals surface area contributed by atoms with Gasteiger partial charge in [-0.1, -0.05) is 13.8 Å². The molecule has 0 amide bonds. The van der Waals surface area contributed by atoms with Crippen molar-refractivity contribution in [2.75, 3.05) is 0 Å². The number of aliphatic hydroxyl groups is 1. The van der Waals surface area contributed by atoms with Crippen molar-refractivity contribution in [3.8, 4) is 0 Å². The third-order valence-electron chi connectivity index (χ3n) is 4.87. The van der Waals surface area contributed by atoms with Crippen LogP contribution in [-0.2, 0) is 0 Å². The van der Waals surface area contributed by atoms with E-state index in [0.717, 1.165) is 6.08 Å². The van der Waals surface area contributed by atoms with E-state index in [0.29, 0.717) is 0 Å². The van der Waals surface area contributed by atoms with E-state index in [9.17, 15) is 31.4 Å². The van der Waals surface area contributed by atoms with E-state index in [4.69, 9.17) is 0 Å². The minimum Gasteiger partial charge on any atom is -0.506 e. The van der Waals surface area contributed by atoms with Crippen molar-refractivity contribution in [2.24, 2.45) is 17.8 Å². The van der Waals surface area contributed by atoms with Crippen molar-refractivity contribution in [2.45, 2.75) is 46.0 Å². The molecule has 0 radical (unpaired) electrons. The first-order valence-corrected chi connectivity index (χ1v) is 7.92. The molecule has 1 aliphatic heterocycles. The molecule has 1 aliphatic carbocycles. The van der Waals surface area contributed by atoms with Gasteiger partial charge in [0.15, 0.2) is 17.7 Å². The van der Waals surface area contributed by atoms with E-state index in [1.54, 1.807) is 6.92 Å². The zero-order chi connectivity index (χ0) is 19.2. The molecule has 1 heterocycles. The normalized spacial score (nSPS) is 31.9. The molecule has 2 nitrogen and oxygen atoms in total. The molecule has 1 N–H and O–H groups in total. The van der Waals surface area contributed by atoms with Crippen LogP contribution in [0.4, 0.5) is 26.3 Å². The lowest BCUT2D eigenvalue weighted by Crippen LogP contribution is -2.35. The summed E-state index contributed by atoms with van der Waals surface area (Å²) in [6, 6.07) is 0. The Bertz CT molecular complexity index is 666. The van der Waals surface area contributed by atoms with Crippen LogP contribution in [0.1, 0.15) is 33.6 Å². The number of rotatable bonds is 0. The zero-order valence-electron chi connectivity index (χ0n) is 14.0. The van der Waals surface area contributed by atoms with E-state index in [1.165, 1.54) is 30.7 Å². The van der Waals surface area contributed by atoms with Gasteiger partial charge in [-0.2, -0.15) is 30.9 Å². The fraction of sp³-hybridized carbons (Fsp3) is 0.588. The Labute approximate surface area is 141 Å². The van der Waals surface area contributed by atoms with Crippen LogP contribution in [0.25, 0.3) is 0 Å². The average Bonchev–Trinajstić information content (AvgIpc) is 2.64. The summed E-state index contributed by atoms with van der Waals surface area (Å²) < 4.78 is 80.9. The van der Waals surface area contributed by atoms with Gasteiger partial charge >= 0.3 is 12.4 Å². The second-order valence-corrected chi connectivity index (χ2v) is 6.54. The van der Waals surface area contributed by atoms with Gasteiger partial charge in [0, 0.05) is 24.5 Å². The van der Waals surface area contributed by atoms with Crippen molar-refractivity contribution in [3.05, 3.63) is 35.4 Å². The lowest BCUT2D eigenvalue weighted by atomic mass is 9.87. The number of allylic oxidation sites excluding steroid dienone is 4. The third-order valence-corrected chi connectivity index (χ3v) is 4.87. The van der Waals surface area contributed by atoms with Gasteiger partial charge in [0.25, 0.3) is 0 Å². The van der Waals surface area contributed by atoms with Crippen molar-refractivity contribution < 1.29 is 36.0 Å². The zero-order valence-corrected chi connectivity index (χ0v) is 14.0. The first-order chi connectivity index (χ1) is 11.3. The Hall–Kier alpha value is -1.73. The number of alkyl halides is 6. The fourth-order valence-corrected chi connectivity index (χ4v) is 3.26. The van der Waals surface area contributed by atoms with Gasteiger partial charge in [-0.3, -0.25) is 0 Å². The van der Waals surface area contributed by atoms with Crippen LogP contribution in [-0.4, -0.2) is 27.7 Å². The van der Waals surface area contributed by atoms with Crippen molar-refractivity contribution in [3.63, 3.8) is 0 Å². The molecule has 140 valence electrons. The predicted molar refractivity (Wildman–Crippen MR) is 81.0 cm³/mol. The fourth-order valence-electron chi connectivity index (χ4n) is 3.26. The quantitative estimate of drug-likeness (QED) is 0.444. The molecular formula is C17H20F6NO+. The lowest BCUT2D eigenvalue weighted by Gasteiger charge is -2.24. The highest BCUT2D eigenvalue weighted by molar-refractivity contribution is 5.94. The first kappa shape index (κ1) is 19.6. The topological polar surface area (TPSA) is 23.2 Å². The molecule has 2 rings (SSSR count). The highest BCUT2D eigenvalue weighted by Crippen LogP contribution is 2.42. The minimum absolute atomic E-state index is 0.0723. The van der Waals surface area contributed by atoms with E-state index >= 15 is 0 Å². The molecule has 3 unspecified atom stereocenters. The van der Waals surface area contributed by atoms with Crippen LogP contribution in [0, 0.1) is 17.8 Å². The maximum Gasteiger partial charge on any atom is 0.412 e. The van der Waals surface area contributed by atoms with Gasteiger partial charge in [-0.15, -0.1) is 0 Å². The second-order valence-electron chi connectivity index (χ2n) is 6.54. The molecule has 2 aliphatic rings. The van der Waals surface area contributed by atoms with E-state index in [2.05, 4.69) is 0 Å². The van der Waals surface area contributed by atoms with Gasteiger partial charge in [0.05, 0.1) is 11.8 Å². The Morgan fingerprint density at radius 1 is 1.12 bits per heavy atom. The molecule has 0 bridgehead atoms. The summed E-state index contributed by atoms with van der Waals surface area (Å²) in [7, 11) is 0. The highest BCUT2D eigenvalue weighted by atomic mass is 19.4. The SMILES string of the molecule is CC1=C(O)C(C)C=C[N+]1=C1C=C(C(F)(F)F)CCC(C(F)(F)F)C1C. The Kier molecular flexibility index (Phi) is 5.12. The summed E-state index contributed by atoms with van der Waals surface area (Å²) in [5.74, 6) is -3.48. The predicted octanol–water partition coefficient (Wildman–Crippen LogP) is 5.49. The number of halogens is 6. The van der Waals surface area contributed by atoms with Crippen LogP contribution >= 0.6 is 0 Å². The van der Waals surface area contributed by atoms with Gasteiger partial charge in [-0.25, -0.2) is 0 Å². The molecule has 0 aromatic heterocycles. The van der Waals surface area contributed by atoms with Gasteiger partial charge in [-0.05, 0) is 18.9 Å². The largest absolute Gasteiger partial charge is 0.506 e. The summed E-state index contributed by atoms with van der Waals surface area (Å²) in [5.41, 5.74) is -0.864. The molecule has 3 atom stereocenters. The monoisotopic (exact) mass is 368 g/mol. The van der Waals surface area contributed by atoms with E-state index < -0.39 is 42.6 Å². The first-order valence-electron chi connectivity index (χ1n) is 7.92.